The third kappa shape index (κ3) is 2.07. The van der Waals surface area contributed by atoms with Crippen molar-refractivity contribution in [3.8, 4) is 5.75 Å². The highest BCUT2D eigenvalue weighted by Gasteiger charge is 2.32. The van der Waals surface area contributed by atoms with E-state index < -0.39 is 6.04 Å². The second-order valence-corrected chi connectivity index (χ2v) is 4.92. The van der Waals surface area contributed by atoms with Gasteiger partial charge in [-0.1, -0.05) is 6.07 Å². The summed E-state index contributed by atoms with van der Waals surface area (Å²) in [5, 5.41) is 5.96. The number of amides is 2. The van der Waals surface area contributed by atoms with Crippen molar-refractivity contribution in [2.24, 2.45) is 0 Å². The molecule has 3 rings (SSSR count). The van der Waals surface area contributed by atoms with E-state index >= 15 is 0 Å². The van der Waals surface area contributed by atoms with Crippen LogP contribution in [0, 0.1) is 0 Å². The van der Waals surface area contributed by atoms with E-state index in [0.717, 1.165) is 12.2 Å². The van der Waals surface area contributed by atoms with E-state index in [1.165, 1.54) is 0 Å². The molecule has 0 aromatic heterocycles. The molecule has 2 N–H and O–H groups in total. The number of carbonyl (C=O) groups excluding carboxylic acids is 2. The highest BCUT2D eigenvalue weighted by molar-refractivity contribution is 6.01. The summed E-state index contributed by atoms with van der Waals surface area (Å²) in [6.45, 7) is 4.01. The maximum absolute atomic E-state index is 12.7. The number of hydrogen-bond donors (Lipinski definition) is 2. The molecule has 20 heavy (non-hydrogen) atoms. The molecule has 0 spiro atoms. The van der Waals surface area contributed by atoms with Gasteiger partial charge in [0.15, 0.2) is 5.75 Å². The van der Waals surface area contributed by atoms with Crippen LogP contribution in [0.5, 0.6) is 5.75 Å². The van der Waals surface area contributed by atoms with Gasteiger partial charge in [-0.05, 0) is 19.1 Å². The summed E-state index contributed by atoms with van der Waals surface area (Å²) in [6.07, 6.45) is 0. The minimum atomic E-state index is -0.455. The Balaban J connectivity index is 1.92. The summed E-state index contributed by atoms with van der Waals surface area (Å²) in [6, 6.07) is 5.00. The Morgan fingerprint density at radius 1 is 1.35 bits per heavy atom. The van der Waals surface area contributed by atoms with E-state index in [0.29, 0.717) is 31.0 Å². The van der Waals surface area contributed by atoms with Gasteiger partial charge in [-0.2, -0.15) is 0 Å². The van der Waals surface area contributed by atoms with Gasteiger partial charge in [-0.25, -0.2) is 0 Å². The van der Waals surface area contributed by atoms with Gasteiger partial charge in [-0.3, -0.25) is 9.59 Å². The second-order valence-electron chi connectivity index (χ2n) is 4.92. The average Bonchev–Trinajstić information content (AvgIpc) is 2.49. The molecular weight excluding hydrogens is 258 g/mol. The van der Waals surface area contributed by atoms with Crippen LogP contribution in [0.2, 0.25) is 0 Å². The Morgan fingerprint density at radius 3 is 3.05 bits per heavy atom. The van der Waals surface area contributed by atoms with Crippen molar-refractivity contribution in [2.75, 3.05) is 31.6 Å². The summed E-state index contributed by atoms with van der Waals surface area (Å²) >= 11 is 0. The van der Waals surface area contributed by atoms with E-state index in [1.54, 1.807) is 17.9 Å². The van der Waals surface area contributed by atoms with E-state index in [9.17, 15) is 9.59 Å². The number of para-hydroxylation sites is 1. The lowest BCUT2D eigenvalue weighted by Crippen LogP contribution is -2.55. The number of anilines is 1. The number of benzene rings is 1. The fraction of sp³-hybridized carbons (Fsp3) is 0.429. The molecule has 0 bridgehead atoms. The molecule has 6 heteroatoms. The monoisotopic (exact) mass is 275 g/mol. The van der Waals surface area contributed by atoms with Crippen molar-refractivity contribution < 1.29 is 14.3 Å². The van der Waals surface area contributed by atoms with Crippen molar-refractivity contribution in [3.05, 3.63) is 23.8 Å². The Labute approximate surface area is 117 Å². The van der Waals surface area contributed by atoms with Crippen molar-refractivity contribution in [1.82, 2.24) is 10.2 Å². The van der Waals surface area contributed by atoms with E-state index in [4.69, 9.17) is 4.74 Å². The van der Waals surface area contributed by atoms with E-state index in [1.807, 2.05) is 12.1 Å². The Kier molecular flexibility index (Phi) is 3.22. The first-order chi connectivity index (χ1) is 9.68. The largest absolute Gasteiger partial charge is 0.489 e. The molecule has 6 nitrogen and oxygen atoms in total. The minimum Gasteiger partial charge on any atom is -0.489 e. The molecule has 2 aliphatic rings. The lowest BCUT2D eigenvalue weighted by Gasteiger charge is -2.33. The normalized spacial score (nSPS) is 21.4. The van der Waals surface area contributed by atoms with Crippen LogP contribution in [-0.2, 0) is 4.79 Å². The summed E-state index contributed by atoms with van der Waals surface area (Å²) in [5.41, 5.74) is 1.34. The van der Waals surface area contributed by atoms with Crippen LogP contribution in [0.15, 0.2) is 18.2 Å². The average molecular weight is 275 g/mol. The van der Waals surface area contributed by atoms with Gasteiger partial charge in [0.1, 0.15) is 12.6 Å². The first kappa shape index (κ1) is 12.8. The smallest absolute Gasteiger partial charge is 0.258 e. The molecule has 1 saturated heterocycles. The summed E-state index contributed by atoms with van der Waals surface area (Å²) < 4.78 is 5.62. The summed E-state index contributed by atoms with van der Waals surface area (Å²) in [7, 11) is 0. The maximum atomic E-state index is 12.7. The molecule has 0 aliphatic carbocycles. The number of rotatable bonds is 1. The number of piperazine rings is 1. The molecule has 1 unspecified atom stereocenters. The molecule has 1 fully saturated rings. The predicted octanol–water partition coefficient (Wildman–Crippen LogP) is 0.451. The summed E-state index contributed by atoms with van der Waals surface area (Å²) in [4.78, 5) is 25.9. The first-order valence-corrected chi connectivity index (χ1v) is 6.77. The number of ether oxygens (including phenoxy) is 1. The van der Waals surface area contributed by atoms with Gasteiger partial charge in [0, 0.05) is 19.6 Å². The highest BCUT2D eigenvalue weighted by atomic mass is 16.5. The van der Waals surface area contributed by atoms with Crippen LogP contribution in [-0.4, -0.2) is 49.0 Å². The Bertz CT molecular complexity index is 559. The zero-order valence-electron chi connectivity index (χ0n) is 11.3. The fourth-order valence-corrected chi connectivity index (χ4v) is 2.55. The van der Waals surface area contributed by atoms with Crippen molar-refractivity contribution in [1.29, 1.82) is 0 Å². The third-order valence-electron chi connectivity index (χ3n) is 3.67. The zero-order valence-corrected chi connectivity index (χ0v) is 11.3. The van der Waals surface area contributed by atoms with Gasteiger partial charge in [0.2, 0.25) is 5.91 Å². The lowest BCUT2D eigenvalue weighted by molar-refractivity contribution is -0.127. The van der Waals surface area contributed by atoms with E-state index in [-0.39, 0.29) is 11.8 Å². The molecule has 1 aromatic carbocycles. The quantitative estimate of drug-likeness (QED) is 0.781. The van der Waals surface area contributed by atoms with Gasteiger partial charge in [0.25, 0.3) is 5.91 Å². The minimum absolute atomic E-state index is 0.117. The van der Waals surface area contributed by atoms with Crippen LogP contribution in [0.25, 0.3) is 0 Å². The fourth-order valence-electron chi connectivity index (χ4n) is 2.55. The number of carbonyl (C=O) groups is 2. The van der Waals surface area contributed by atoms with Gasteiger partial charge < -0.3 is 20.3 Å². The van der Waals surface area contributed by atoms with Crippen molar-refractivity contribution >= 4 is 17.5 Å². The first-order valence-electron chi connectivity index (χ1n) is 6.77. The molecule has 2 amide bonds. The van der Waals surface area contributed by atoms with Crippen LogP contribution in [0.3, 0.4) is 0 Å². The molecular formula is C14H17N3O3. The Morgan fingerprint density at radius 2 is 2.20 bits per heavy atom. The van der Waals surface area contributed by atoms with Gasteiger partial charge in [-0.15, -0.1) is 0 Å². The van der Waals surface area contributed by atoms with Crippen LogP contribution in [0.1, 0.15) is 17.3 Å². The van der Waals surface area contributed by atoms with Crippen LogP contribution < -0.4 is 15.4 Å². The highest BCUT2D eigenvalue weighted by Crippen LogP contribution is 2.32. The van der Waals surface area contributed by atoms with Crippen molar-refractivity contribution in [3.63, 3.8) is 0 Å². The molecule has 2 heterocycles. The van der Waals surface area contributed by atoms with Crippen LogP contribution >= 0.6 is 0 Å². The standard InChI is InChI=1S/C14H17N3O3/c1-9-13(18)16-5-7-17(9)14(19)10-3-2-4-11-12(10)20-8-6-15-11/h2-4,9,15H,5-8H2,1H3,(H,16,18). The molecule has 1 atom stereocenters. The van der Waals surface area contributed by atoms with Crippen molar-refractivity contribution in [2.45, 2.75) is 13.0 Å². The third-order valence-corrected chi connectivity index (χ3v) is 3.67. The van der Waals surface area contributed by atoms with Gasteiger partial charge >= 0.3 is 0 Å². The Hall–Kier alpha value is -2.24. The predicted molar refractivity (Wildman–Crippen MR) is 73.9 cm³/mol. The molecule has 0 saturated carbocycles. The number of fused-ring (bicyclic) bond motifs is 1. The molecule has 1 aromatic rings. The van der Waals surface area contributed by atoms with E-state index in [2.05, 4.69) is 10.6 Å². The topological polar surface area (TPSA) is 70.7 Å². The zero-order chi connectivity index (χ0) is 14.1. The lowest BCUT2D eigenvalue weighted by atomic mass is 10.1. The SMILES string of the molecule is CC1C(=O)NCCN1C(=O)c1cccc2c1OCCN2. The number of nitrogens with one attached hydrogen (secondary N) is 2. The molecule has 0 radical (unpaired) electrons. The second kappa shape index (κ2) is 5.03. The number of hydrogen-bond acceptors (Lipinski definition) is 4. The molecule has 106 valence electrons. The number of nitrogens with zero attached hydrogens (tertiary/aromatic N) is 1. The van der Waals surface area contributed by atoms with Gasteiger partial charge in [0.05, 0.1) is 11.3 Å². The maximum Gasteiger partial charge on any atom is 0.258 e. The summed E-state index contributed by atoms with van der Waals surface area (Å²) in [5.74, 6) is 0.309. The van der Waals surface area contributed by atoms with Crippen LogP contribution in [0.4, 0.5) is 5.69 Å². The molecule has 2 aliphatic heterocycles.